The molecule has 0 amide bonds. The maximum atomic E-state index is 13.6. The fourth-order valence-corrected chi connectivity index (χ4v) is 2.68. The van der Waals surface area contributed by atoms with Crippen LogP contribution in [0.5, 0.6) is 0 Å². The maximum Gasteiger partial charge on any atom is 0.460 e. The van der Waals surface area contributed by atoms with Gasteiger partial charge in [-0.3, -0.25) is 4.99 Å². The van der Waals surface area contributed by atoms with Crippen LogP contribution in [-0.4, -0.2) is 39.4 Å². The van der Waals surface area contributed by atoms with Crippen LogP contribution in [0.3, 0.4) is 0 Å². The van der Waals surface area contributed by atoms with Crippen molar-refractivity contribution in [3.8, 4) is 0 Å². The molecule has 0 aromatic carbocycles. The average molecular weight is 388 g/mol. The van der Waals surface area contributed by atoms with Crippen molar-refractivity contribution < 1.29 is 30.7 Å². The molecule has 1 aromatic heterocycles. The largest absolute Gasteiger partial charge is 0.460 e. The molecule has 0 radical (unpaired) electrons. The zero-order valence-corrected chi connectivity index (χ0v) is 13.3. The number of anilines is 1. The van der Waals surface area contributed by atoms with Crippen molar-refractivity contribution in [2.45, 2.75) is 30.3 Å². The first-order valence-electron chi connectivity index (χ1n) is 6.77. The number of thioether (sulfide) groups is 1. The van der Waals surface area contributed by atoms with E-state index in [1.165, 1.54) is 35.3 Å². The van der Waals surface area contributed by atoms with Crippen LogP contribution in [0.15, 0.2) is 29.8 Å². The molecule has 1 atom stereocenters. The van der Waals surface area contributed by atoms with E-state index in [0.717, 1.165) is 0 Å². The van der Waals surface area contributed by atoms with E-state index in [0.29, 0.717) is 11.9 Å². The quantitative estimate of drug-likeness (QED) is 0.709. The van der Waals surface area contributed by atoms with Gasteiger partial charge >= 0.3 is 18.0 Å². The Morgan fingerprint density at radius 2 is 1.76 bits per heavy atom. The average Bonchev–Trinajstić information content (AvgIpc) is 2.54. The molecule has 0 spiro atoms. The van der Waals surface area contributed by atoms with Gasteiger partial charge in [0.05, 0.1) is 12.4 Å². The summed E-state index contributed by atoms with van der Waals surface area (Å²) in [5.74, 6) is -11.1. The molecule has 0 saturated heterocycles. The molecule has 0 saturated carbocycles. The number of aliphatic imine (C=N–C) groups is 1. The van der Waals surface area contributed by atoms with Gasteiger partial charge in [-0.05, 0) is 5.75 Å². The highest BCUT2D eigenvalue weighted by molar-refractivity contribution is 8.00. The number of aromatic nitrogens is 2. The second-order valence-corrected chi connectivity index (χ2v) is 6.15. The molecule has 1 unspecified atom stereocenters. The Kier molecular flexibility index (Phi) is 5.30. The van der Waals surface area contributed by atoms with Crippen LogP contribution in [-0.2, 0) is 5.92 Å². The van der Waals surface area contributed by atoms with E-state index in [-0.39, 0.29) is 17.4 Å². The third-order valence-electron chi connectivity index (χ3n) is 3.11. The van der Waals surface area contributed by atoms with Crippen molar-refractivity contribution in [2.24, 2.45) is 4.99 Å². The molecule has 0 fully saturated rings. The summed E-state index contributed by atoms with van der Waals surface area (Å²) in [5.41, 5.74) is -1.77. The third kappa shape index (κ3) is 3.58. The minimum Gasteiger partial charge on any atom is -0.313 e. The first-order valence-corrected chi connectivity index (χ1v) is 7.82. The number of alkyl halides is 7. The van der Waals surface area contributed by atoms with Gasteiger partial charge in [0.2, 0.25) is 0 Å². The Bertz CT molecular complexity index is 657. The Balaban J connectivity index is 2.30. The van der Waals surface area contributed by atoms with Gasteiger partial charge in [-0.1, -0.05) is 6.92 Å². The van der Waals surface area contributed by atoms with Crippen molar-refractivity contribution in [3.05, 3.63) is 30.5 Å². The van der Waals surface area contributed by atoms with E-state index in [1.54, 1.807) is 0 Å². The Morgan fingerprint density at radius 1 is 1.08 bits per heavy atom. The second-order valence-electron chi connectivity index (χ2n) is 4.76. The summed E-state index contributed by atoms with van der Waals surface area (Å²) in [6, 6.07) is 0. The molecule has 0 bridgehead atoms. The fourth-order valence-electron chi connectivity index (χ4n) is 1.85. The summed E-state index contributed by atoms with van der Waals surface area (Å²) < 4.78 is 89.8. The number of hydrogen-bond acceptors (Lipinski definition) is 5. The third-order valence-corrected chi connectivity index (χ3v) is 4.14. The molecule has 1 aliphatic rings. The maximum absolute atomic E-state index is 13.6. The first-order chi connectivity index (χ1) is 11.5. The highest BCUT2D eigenvalue weighted by Crippen LogP contribution is 2.51. The minimum atomic E-state index is -6.42. The smallest absolute Gasteiger partial charge is 0.313 e. The molecule has 138 valence electrons. The number of rotatable bonds is 5. The molecule has 0 aliphatic carbocycles. The summed E-state index contributed by atoms with van der Waals surface area (Å²) in [4.78, 5) is 12.0. The Hall–Kier alpha value is -1.85. The van der Waals surface area contributed by atoms with Gasteiger partial charge in [-0.25, -0.2) is 9.97 Å². The molecular formula is C13H11F7N4S. The Labute approximate surface area is 141 Å². The first kappa shape index (κ1) is 19.5. The topological polar surface area (TPSA) is 41.4 Å². The van der Waals surface area contributed by atoms with Crippen LogP contribution in [0.4, 0.5) is 36.6 Å². The van der Waals surface area contributed by atoms with E-state index in [1.807, 2.05) is 6.92 Å². The van der Waals surface area contributed by atoms with E-state index < -0.39 is 23.7 Å². The molecule has 12 heteroatoms. The van der Waals surface area contributed by atoms with Crippen molar-refractivity contribution in [1.29, 1.82) is 0 Å². The predicted molar refractivity (Wildman–Crippen MR) is 79.0 cm³/mol. The van der Waals surface area contributed by atoms with Gasteiger partial charge in [-0.2, -0.15) is 30.7 Å². The van der Waals surface area contributed by atoms with Crippen LogP contribution in [0.25, 0.3) is 0 Å². The molecule has 4 nitrogen and oxygen atoms in total. The minimum absolute atomic E-state index is 0.00299. The number of nitrogens with zero attached hydrogens (tertiary/aromatic N) is 4. The van der Waals surface area contributed by atoms with Crippen LogP contribution in [0.2, 0.25) is 0 Å². The number of hydrogen-bond donors (Lipinski definition) is 0. The van der Waals surface area contributed by atoms with E-state index in [4.69, 9.17) is 0 Å². The van der Waals surface area contributed by atoms with Crippen LogP contribution >= 0.6 is 11.8 Å². The molecule has 1 aliphatic heterocycles. The lowest BCUT2D eigenvalue weighted by Crippen LogP contribution is -2.50. The monoisotopic (exact) mass is 388 g/mol. The standard InChI is InChI=1S/C13H11F7N4S/c1-2-25-10-7-21-3-4-24(10)9-6-22-8(5-23-9)11(14,15)12(16,17)13(18,19)20/h3-7,10H,2H2,1H3. The Morgan fingerprint density at radius 3 is 2.28 bits per heavy atom. The summed E-state index contributed by atoms with van der Waals surface area (Å²) in [6.07, 6.45) is -1.12. The van der Waals surface area contributed by atoms with Crippen LogP contribution < -0.4 is 4.90 Å². The van der Waals surface area contributed by atoms with Gasteiger partial charge < -0.3 is 4.90 Å². The molecule has 2 heterocycles. The lowest BCUT2D eigenvalue weighted by atomic mass is 10.1. The lowest BCUT2D eigenvalue weighted by molar-refractivity contribution is -0.360. The van der Waals surface area contributed by atoms with Crippen LogP contribution in [0, 0.1) is 0 Å². The molecule has 2 rings (SSSR count). The summed E-state index contributed by atoms with van der Waals surface area (Å²) in [6.45, 7) is 1.86. The van der Waals surface area contributed by atoms with Crippen molar-refractivity contribution in [3.63, 3.8) is 0 Å². The summed E-state index contributed by atoms with van der Waals surface area (Å²) in [7, 11) is 0. The second kappa shape index (κ2) is 6.81. The highest BCUT2D eigenvalue weighted by atomic mass is 32.2. The zero-order valence-electron chi connectivity index (χ0n) is 12.5. The van der Waals surface area contributed by atoms with Crippen LogP contribution in [0.1, 0.15) is 12.6 Å². The van der Waals surface area contributed by atoms with Gasteiger partial charge in [0.15, 0.2) is 5.82 Å². The predicted octanol–water partition coefficient (Wildman–Crippen LogP) is 4.21. The van der Waals surface area contributed by atoms with E-state index >= 15 is 0 Å². The van der Waals surface area contributed by atoms with Crippen molar-refractivity contribution >= 4 is 23.8 Å². The van der Waals surface area contributed by atoms with Gasteiger partial charge in [0.25, 0.3) is 0 Å². The van der Waals surface area contributed by atoms with Gasteiger partial charge in [-0.15, -0.1) is 11.8 Å². The van der Waals surface area contributed by atoms with Crippen molar-refractivity contribution in [1.82, 2.24) is 9.97 Å². The summed E-state index contributed by atoms with van der Waals surface area (Å²) in [5, 5.41) is -0.340. The van der Waals surface area contributed by atoms with E-state index in [9.17, 15) is 30.7 Å². The highest BCUT2D eigenvalue weighted by Gasteiger charge is 2.74. The zero-order chi connectivity index (χ0) is 18.9. The van der Waals surface area contributed by atoms with Crippen molar-refractivity contribution in [2.75, 3.05) is 10.7 Å². The van der Waals surface area contributed by atoms with E-state index in [2.05, 4.69) is 15.0 Å². The SMILES string of the molecule is CCSC1C=NC=CN1c1cnc(C(F)(F)C(F)(F)C(F)(F)F)cn1. The normalized spacial score (nSPS) is 18.7. The molecule has 25 heavy (non-hydrogen) atoms. The summed E-state index contributed by atoms with van der Waals surface area (Å²) >= 11 is 1.41. The fraction of sp³-hybridized carbons (Fsp3) is 0.462. The number of halogens is 7. The molecule has 1 aromatic rings. The van der Waals surface area contributed by atoms with Gasteiger partial charge in [0, 0.05) is 18.6 Å². The molecule has 0 N–H and O–H groups in total. The lowest BCUT2D eigenvalue weighted by Gasteiger charge is -2.29. The van der Waals surface area contributed by atoms with Gasteiger partial charge in [0.1, 0.15) is 11.1 Å². The molecular weight excluding hydrogens is 377 g/mol.